The molecule has 20 heavy (non-hydrogen) atoms. The number of benzene rings is 1. The van der Waals surface area contributed by atoms with Gasteiger partial charge in [0.25, 0.3) is 0 Å². The van der Waals surface area contributed by atoms with Crippen molar-refractivity contribution in [3.05, 3.63) is 29.8 Å². The van der Waals surface area contributed by atoms with Gasteiger partial charge in [0.1, 0.15) is 12.4 Å². The molecule has 1 unspecified atom stereocenters. The minimum Gasteiger partial charge on any atom is -0.492 e. The Labute approximate surface area is 127 Å². The van der Waals surface area contributed by atoms with Crippen LogP contribution in [0, 0.1) is 5.92 Å². The minimum atomic E-state index is 0.523. The van der Waals surface area contributed by atoms with Crippen molar-refractivity contribution in [1.29, 1.82) is 0 Å². The molecule has 1 atom stereocenters. The van der Waals surface area contributed by atoms with Crippen molar-refractivity contribution in [2.24, 2.45) is 11.7 Å². The molecule has 0 saturated heterocycles. The zero-order chi connectivity index (χ0) is 14.5. The number of hydrogen-bond acceptors (Lipinski definition) is 3. The molecule has 2 N–H and O–H groups in total. The van der Waals surface area contributed by atoms with Crippen molar-refractivity contribution < 1.29 is 4.74 Å². The molecular formula is C16H24N2OS. The topological polar surface area (TPSA) is 38.5 Å². The summed E-state index contributed by atoms with van der Waals surface area (Å²) in [5, 5.41) is 0. The largest absolute Gasteiger partial charge is 0.492 e. The summed E-state index contributed by atoms with van der Waals surface area (Å²) in [6.07, 6.45) is 3.42. The third-order valence-corrected chi connectivity index (χ3v) is 4.16. The molecule has 0 aromatic heterocycles. The van der Waals surface area contributed by atoms with Gasteiger partial charge in [0, 0.05) is 19.0 Å². The monoisotopic (exact) mass is 292 g/mol. The molecular weight excluding hydrogens is 268 g/mol. The van der Waals surface area contributed by atoms with E-state index in [4.69, 9.17) is 22.7 Å². The van der Waals surface area contributed by atoms with Crippen molar-refractivity contribution >= 4 is 17.2 Å². The van der Waals surface area contributed by atoms with Gasteiger partial charge < -0.3 is 15.4 Å². The first kappa shape index (κ1) is 15.3. The van der Waals surface area contributed by atoms with Crippen LogP contribution < -0.4 is 10.5 Å². The Kier molecular flexibility index (Phi) is 5.38. The Hall–Kier alpha value is -1.13. The van der Waals surface area contributed by atoms with Crippen LogP contribution >= 0.6 is 12.2 Å². The zero-order valence-electron chi connectivity index (χ0n) is 12.3. The fraction of sp³-hybridized carbons (Fsp3) is 0.562. The molecule has 110 valence electrons. The van der Waals surface area contributed by atoms with E-state index in [1.54, 1.807) is 0 Å². The number of likely N-dealkylation sites (N-methyl/N-ethyl adjacent to an activating group) is 1. The van der Waals surface area contributed by atoms with Crippen LogP contribution in [0.1, 0.15) is 25.3 Å². The average molecular weight is 292 g/mol. The van der Waals surface area contributed by atoms with E-state index in [0.29, 0.717) is 17.5 Å². The fourth-order valence-electron chi connectivity index (χ4n) is 2.35. The van der Waals surface area contributed by atoms with Crippen LogP contribution in [0.3, 0.4) is 0 Å². The number of nitrogens with zero attached hydrogens (tertiary/aromatic N) is 1. The van der Waals surface area contributed by atoms with Gasteiger partial charge in [-0.2, -0.15) is 0 Å². The van der Waals surface area contributed by atoms with E-state index < -0.39 is 0 Å². The number of rotatable bonds is 8. The number of nitrogens with two attached hydrogens (primary N) is 1. The smallest absolute Gasteiger partial charge is 0.119 e. The van der Waals surface area contributed by atoms with Crippen molar-refractivity contribution in [1.82, 2.24) is 4.90 Å². The van der Waals surface area contributed by atoms with Crippen LogP contribution in [0.2, 0.25) is 0 Å². The molecule has 4 heteroatoms. The van der Waals surface area contributed by atoms with Crippen molar-refractivity contribution in [3.63, 3.8) is 0 Å². The van der Waals surface area contributed by atoms with E-state index in [0.717, 1.165) is 30.4 Å². The van der Waals surface area contributed by atoms with Crippen LogP contribution in [-0.4, -0.2) is 36.1 Å². The van der Waals surface area contributed by atoms with E-state index in [-0.39, 0.29) is 0 Å². The molecule has 3 nitrogen and oxygen atoms in total. The molecule has 0 bridgehead atoms. The summed E-state index contributed by atoms with van der Waals surface area (Å²) in [5.74, 6) is 1.81. The molecule has 0 spiro atoms. The van der Waals surface area contributed by atoms with Gasteiger partial charge in [0.15, 0.2) is 0 Å². The summed E-state index contributed by atoms with van der Waals surface area (Å²) in [6.45, 7) is 4.00. The fourth-order valence-corrected chi connectivity index (χ4v) is 2.52. The second kappa shape index (κ2) is 7.04. The zero-order valence-corrected chi connectivity index (χ0v) is 13.2. The molecule has 1 aliphatic carbocycles. The van der Waals surface area contributed by atoms with Gasteiger partial charge in [-0.05, 0) is 50.4 Å². The molecule has 1 aromatic carbocycles. The summed E-state index contributed by atoms with van der Waals surface area (Å²) in [5.41, 5.74) is 6.66. The molecule has 1 saturated carbocycles. The molecule has 0 radical (unpaired) electrons. The summed E-state index contributed by atoms with van der Waals surface area (Å²) < 4.78 is 5.78. The summed E-state index contributed by atoms with van der Waals surface area (Å²) in [7, 11) is 2.18. The standard InChI is InChI=1S/C16H24N2OS/c1-12(14-5-6-14)18(2)9-10-19-15-7-3-13(4-8-15)11-16(17)20/h3-4,7-8,12,14H,5-6,9-11H2,1-2H3,(H2,17,20). The Morgan fingerprint density at radius 3 is 2.60 bits per heavy atom. The highest BCUT2D eigenvalue weighted by Crippen LogP contribution is 2.34. The van der Waals surface area contributed by atoms with Crippen LogP contribution in [0.4, 0.5) is 0 Å². The molecule has 1 aliphatic rings. The van der Waals surface area contributed by atoms with E-state index in [1.165, 1.54) is 12.8 Å². The first-order valence-electron chi connectivity index (χ1n) is 7.26. The Morgan fingerprint density at radius 1 is 1.40 bits per heavy atom. The van der Waals surface area contributed by atoms with Gasteiger partial charge in [0.05, 0.1) is 4.99 Å². The summed E-state index contributed by atoms with van der Waals surface area (Å²) >= 11 is 4.90. The van der Waals surface area contributed by atoms with Gasteiger partial charge in [-0.3, -0.25) is 0 Å². The highest BCUT2D eigenvalue weighted by Gasteiger charge is 2.30. The third kappa shape index (κ3) is 4.76. The van der Waals surface area contributed by atoms with Gasteiger partial charge in [-0.25, -0.2) is 0 Å². The van der Waals surface area contributed by atoms with Crippen molar-refractivity contribution in [2.45, 2.75) is 32.2 Å². The number of ether oxygens (including phenoxy) is 1. The van der Waals surface area contributed by atoms with E-state index in [1.807, 2.05) is 24.3 Å². The molecule has 2 rings (SSSR count). The lowest BCUT2D eigenvalue weighted by molar-refractivity contribution is 0.186. The Bertz CT molecular complexity index is 442. The second-order valence-corrected chi connectivity index (χ2v) is 6.22. The molecule has 1 aromatic rings. The summed E-state index contributed by atoms with van der Waals surface area (Å²) in [4.78, 5) is 2.91. The lowest BCUT2D eigenvalue weighted by Crippen LogP contribution is -2.34. The van der Waals surface area contributed by atoms with E-state index in [9.17, 15) is 0 Å². The lowest BCUT2D eigenvalue weighted by atomic mass is 10.1. The van der Waals surface area contributed by atoms with Gasteiger partial charge >= 0.3 is 0 Å². The van der Waals surface area contributed by atoms with Gasteiger partial charge in [-0.1, -0.05) is 24.4 Å². The van der Waals surface area contributed by atoms with Crippen LogP contribution in [0.15, 0.2) is 24.3 Å². The van der Waals surface area contributed by atoms with Gasteiger partial charge in [-0.15, -0.1) is 0 Å². The number of thiocarbonyl (C=S) groups is 1. The molecule has 1 fully saturated rings. The molecule has 0 aliphatic heterocycles. The normalized spacial score (nSPS) is 16.1. The highest BCUT2D eigenvalue weighted by atomic mass is 32.1. The van der Waals surface area contributed by atoms with Crippen molar-refractivity contribution in [2.75, 3.05) is 20.2 Å². The second-order valence-electron chi connectivity index (χ2n) is 5.69. The molecule has 0 amide bonds. The lowest BCUT2D eigenvalue weighted by Gasteiger charge is -2.24. The van der Waals surface area contributed by atoms with Crippen LogP contribution in [-0.2, 0) is 6.42 Å². The summed E-state index contributed by atoms with van der Waals surface area (Å²) in [6, 6.07) is 8.68. The van der Waals surface area contributed by atoms with E-state index in [2.05, 4.69) is 18.9 Å². The molecule has 0 heterocycles. The van der Waals surface area contributed by atoms with Crippen LogP contribution in [0.25, 0.3) is 0 Å². The average Bonchev–Trinajstić information content (AvgIpc) is 3.23. The van der Waals surface area contributed by atoms with Gasteiger partial charge in [0.2, 0.25) is 0 Å². The van der Waals surface area contributed by atoms with E-state index >= 15 is 0 Å². The number of hydrogen-bond donors (Lipinski definition) is 1. The predicted octanol–water partition coefficient (Wildman–Crippen LogP) is 2.62. The minimum absolute atomic E-state index is 0.523. The van der Waals surface area contributed by atoms with Crippen LogP contribution in [0.5, 0.6) is 5.75 Å². The third-order valence-electron chi connectivity index (χ3n) is 4.01. The highest BCUT2D eigenvalue weighted by molar-refractivity contribution is 7.80. The first-order valence-corrected chi connectivity index (χ1v) is 7.67. The maximum atomic E-state index is 5.78. The Morgan fingerprint density at radius 2 is 2.05 bits per heavy atom. The maximum Gasteiger partial charge on any atom is 0.119 e. The first-order chi connectivity index (χ1) is 9.56. The Balaban J connectivity index is 1.72. The predicted molar refractivity (Wildman–Crippen MR) is 87.2 cm³/mol. The van der Waals surface area contributed by atoms with Crippen molar-refractivity contribution in [3.8, 4) is 5.75 Å². The quantitative estimate of drug-likeness (QED) is 0.748. The maximum absolute atomic E-state index is 5.78. The SMILES string of the molecule is CC(C1CC1)N(C)CCOc1ccc(CC(N)=S)cc1.